The molecule has 1 aliphatic heterocycles. The molecule has 36 heavy (non-hydrogen) atoms. The number of carbonyl (C=O) groups excluding carboxylic acids is 2. The lowest BCUT2D eigenvalue weighted by molar-refractivity contribution is -0.122. The Labute approximate surface area is 209 Å². The van der Waals surface area contributed by atoms with Crippen molar-refractivity contribution in [1.29, 1.82) is 0 Å². The second-order valence-corrected chi connectivity index (χ2v) is 9.92. The Bertz CT molecular complexity index is 1400. The zero-order valence-corrected chi connectivity index (χ0v) is 20.0. The smallest absolute Gasteiger partial charge is 0.335 e. The summed E-state index contributed by atoms with van der Waals surface area (Å²) in [6.07, 6.45) is 4.15. The molecule has 1 N–H and O–H groups in total. The van der Waals surface area contributed by atoms with Gasteiger partial charge in [-0.3, -0.25) is 9.59 Å². The zero-order chi connectivity index (χ0) is 25.1. The van der Waals surface area contributed by atoms with Crippen LogP contribution in [-0.2, 0) is 9.59 Å². The number of amides is 2. The van der Waals surface area contributed by atoms with Gasteiger partial charge in [-0.1, -0.05) is 77.9 Å². The fraction of sp³-hybridized carbons (Fsp3) is 0.194. The van der Waals surface area contributed by atoms with E-state index in [1.807, 2.05) is 0 Å². The molecule has 1 saturated heterocycles. The van der Waals surface area contributed by atoms with Crippen molar-refractivity contribution in [3.8, 4) is 0 Å². The maximum atomic E-state index is 13.7. The number of carboxylic acid groups (broad SMARTS) is 1. The molecule has 5 heteroatoms. The highest BCUT2D eigenvalue weighted by Gasteiger charge is 2.62. The van der Waals surface area contributed by atoms with Crippen LogP contribution < -0.4 is 4.90 Å². The Hall–Kier alpha value is -4.25. The summed E-state index contributed by atoms with van der Waals surface area (Å²) in [5.74, 6) is -2.93. The van der Waals surface area contributed by atoms with E-state index in [9.17, 15) is 19.5 Å². The number of aromatic carboxylic acids is 1. The van der Waals surface area contributed by atoms with E-state index in [1.54, 1.807) is 12.1 Å². The lowest BCUT2D eigenvalue weighted by Gasteiger charge is -2.22. The number of allylic oxidation sites excluding steroid dienone is 3. The number of fused-ring (bicyclic) bond motifs is 5. The van der Waals surface area contributed by atoms with Crippen LogP contribution in [0.15, 0.2) is 90.5 Å². The van der Waals surface area contributed by atoms with Crippen molar-refractivity contribution in [2.75, 3.05) is 4.90 Å². The highest BCUT2D eigenvalue weighted by molar-refractivity contribution is 6.23. The van der Waals surface area contributed by atoms with Crippen molar-refractivity contribution < 1.29 is 19.5 Å². The third-order valence-corrected chi connectivity index (χ3v) is 7.74. The van der Waals surface area contributed by atoms with Crippen LogP contribution in [0.4, 0.5) is 5.69 Å². The molecule has 0 radical (unpaired) electrons. The van der Waals surface area contributed by atoms with Gasteiger partial charge in [0.25, 0.3) is 0 Å². The van der Waals surface area contributed by atoms with E-state index in [4.69, 9.17) is 0 Å². The molecular formula is C31H25NO4. The SMILES string of the molecule is Cc1ccc(C(=C2[C@H]3C=C[C@H]2[C@@H]2C(=O)N(c4cccc(C(=O)O)c4)C(=O)[C@H]23)c2ccc(C)cc2)cc1. The number of aryl methyl sites for hydroxylation is 2. The average Bonchev–Trinajstić information content (AvgIpc) is 3.50. The van der Waals surface area contributed by atoms with E-state index in [0.29, 0.717) is 5.69 Å². The first kappa shape index (κ1) is 22.2. The molecule has 2 fully saturated rings. The molecule has 0 aromatic heterocycles. The fourth-order valence-corrected chi connectivity index (χ4v) is 6.07. The van der Waals surface area contributed by atoms with E-state index in [1.165, 1.54) is 28.2 Å². The average molecular weight is 476 g/mol. The van der Waals surface area contributed by atoms with Gasteiger partial charge >= 0.3 is 5.97 Å². The van der Waals surface area contributed by atoms with Crippen LogP contribution in [0, 0.1) is 37.5 Å². The molecule has 5 nitrogen and oxygen atoms in total. The second-order valence-electron chi connectivity index (χ2n) is 9.92. The summed E-state index contributed by atoms with van der Waals surface area (Å²) in [5.41, 5.74) is 7.06. The van der Waals surface area contributed by atoms with E-state index >= 15 is 0 Å². The molecule has 2 amide bonds. The summed E-state index contributed by atoms with van der Waals surface area (Å²) in [4.78, 5) is 40.1. The monoisotopic (exact) mass is 475 g/mol. The first-order valence-corrected chi connectivity index (χ1v) is 12.1. The Kier molecular flexibility index (Phi) is 5.04. The Morgan fingerprint density at radius 1 is 0.722 bits per heavy atom. The molecule has 3 aliphatic rings. The van der Waals surface area contributed by atoms with Crippen molar-refractivity contribution in [1.82, 2.24) is 0 Å². The molecule has 1 heterocycles. The zero-order valence-electron chi connectivity index (χ0n) is 20.0. The van der Waals surface area contributed by atoms with Gasteiger partial charge in [0.2, 0.25) is 11.8 Å². The fourth-order valence-electron chi connectivity index (χ4n) is 6.07. The second kappa shape index (κ2) is 8.16. The summed E-state index contributed by atoms with van der Waals surface area (Å²) >= 11 is 0. The number of carboxylic acids is 1. The summed E-state index contributed by atoms with van der Waals surface area (Å²) in [5, 5.41) is 9.38. The van der Waals surface area contributed by atoms with Crippen LogP contribution in [0.2, 0.25) is 0 Å². The third kappa shape index (κ3) is 3.27. The molecule has 3 aromatic rings. The van der Waals surface area contributed by atoms with Crippen molar-refractivity contribution >= 4 is 29.0 Å². The van der Waals surface area contributed by atoms with Crippen LogP contribution in [-0.4, -0.2) is 22.9 Å². The first-order chi connectivity index (χ1) is 17.3. The number of benzene rings is 3. The number of imide groups is 1. The van der Waals surface area contributed by atoms with Gasteiger partial charge in [-0.25, -0.2) is 9.69 Å². The largest absolute Gasteiger partial charge is 0.478 e. The van der Waals surface area contributed by atoms with Crippen molar-refractivity contribution in [2.45, 2.75) is 13.8 Å². The van der Waals surface area contributed by atoms with Gasteiger partial charge in [0.1, 0.15) is 0 Å². The van der Waals surface area contributed by atoms with Crippen molar-refractivity contribution in [3.05, 3.63) is 118 Å². The number of nitrogens with zero attached hydrogens (tertiary/aromatic N) is 1. The normalized spacial score (nSPS) is 23.9. The molecule has 0 spiro atoms. The van der Waals surface area contributed by atoms with Gasteiger partial charge in [0, 0.05) is 11.8 Å². The molecule has 3 aromatic carbocycles. The van der Waals surface area contributed by atoms with Gasteiger partial charge in [0.05, 0.1) is 23.1 Å². The topological polar surface area (TPSA) is 74.7 Å². The summed E-state index contributed by atoms with van der Waals surface area (Å²) < 4.78 is 0. The van der Waals surface area contributed by atoms with Crippen LogP contribution in [0.5, 0.6) is 0 Å². The van der Waals surface area contributed by atoms with Crippen LogP contribution in [0.25, 0.3) is 5.57 Å². The minimum Gasteiger partial charge on any atom is -0.478 e. The minimum absolute atomic E-state index is 0.0490. The molecule has 1 saturated carbocycles. The Morgan fingerprint density at radius 3 is 1.69 bits per heavy atom. The number of hydrogen-bond donors (Lipinski definition) is 1. The number of hydrogen-bond acceptors (Lipinski definition) is 3. The molecule has 0 unspecified atom stereocenters. The molecular weight excluding hydrogens is 450 g/mol. The van der Waals surface area contributed by atoms with Crippen molar-refractivity contribution in [2.24, 2.45) is 23.7 Å². The van der Waals surface area contributed by atoms with E-state index in [-0.39, 0.29) is 29.2 Å². The molecule has 4 atom stereocenters. The maximum absolute atomic E-state index is 13.7. The predicted molar refractivity (Wildman–Crippen MR) is 137 cm³/mol. The molecule has 2 bridgehead atoms. The van der Waals surface area contributed by atoms with Crippen molar-refractivity contribution in [3.63, 3.8) is 0 Å². The van der Waals surface area contributed by atoms with Gasteiger partial charge in [0.15, 0.2) is 0 Å². The summed E-state index contributed by atoms with van der Waals surface area (Å²) in [7, 11) is 0. The maximum Gasteiger partial charge on any atom is 0.335 e. The molecule has 6 rings (SSSR count). The number of carbonyl (C=O) groups is 3. The standard InChI is InChI=1S/C31H25NO4/c1-17-6-10-19(11-7-17)25(20-12-8-18(2)9-13-20)26-23-14-15-24(26)28-27(23)29(33)32(30(28)34)22-5-3-4-21(16-22)31(35)36/h3-16,23-24,27-28H,1-2H3,(H,35,36)/t23-,24-,27+,28+/m1/s1. The van der Waals surface area contributed by atoms with E-state index in [0.717, 1.165) is 22.3 Å². The van der Waals surface area contributed by atoms with Gasteiger partial charge in [-0.15, -0.1) is 0 Å². The van der Waals surface area contributed by atoms with E-state index in [2.05, 4.69) is 74.5 Å². The highest BCUT2D eigenvalue weighted by Crippen LogP contribution is 2.58. The third-order valence-electron chi connectivity index (χ3n) is 7.74. The lowest BCUT2D eigenvalue weighted by atomic mass is 9.85. The van der Waals surface area contributed by atoms with Crippen LogP contribution in [0.1, 0.15) is 32.6 Å². The summed E-state index contributed by atoms with van der Waals surface area (Å²) in [6, 6.07) is 22.8. The van der Waals surface area contributed by atoms with Gasteiger partial charge < -0.3 is 5.11 Å². The number of anilines is 1. The van der Waals surface area contributed by atoms with Crippen LogP contribution >= 0.6 is 0 Å². The quantitative estimate of drug-likeness (QED) is 0.404. The van der Waals surface area contributed by atoms with Gasteiger partial charge in [-0.05, 0) is 54.3 Å². The van der Waals surface area contributed by atoms with Crippen LogP contribution in [0.3, 0.4) is 0 Å². The Morgan fingerprint density at radius 2 is 1.22 bits per heavy atom. The predicted octanol–water partition coefficient (Wildman–Crippen LogP) is 5.43. The first-order valence-electron chi connectivity index (χ1n) is 12.1. The van der Waals surface area contributed by atoms with E-state index < -0.39 is 17.8 Å². The molecule has 178 valence electrons. The lowest BCUT2D eigenvalue weighted by Crippen LogP contribution is -2.33. The van der Waals surface area contributed by atoms with Gasteiger partial charge in [-0.2, -0.15) is 0 Å². The molecule has 2 aliphatic carbocycles. The highest BCUT2D eigenvalue weighted by atomic mass is 16.4. The Balaban J connectivity index is 1.47. The number of rotatable bonds is 4. The summed E-state index contributed by atoms with van der Waals surface area (Å²) in [6.45, 7) is 4.11. The minimum atomic E-state index is -1.09.